The molecule has 1 saturated heterocycles. The van der Waals surface area contributed by atoms with Crippen molar-refractivity contribution in [2.45, 2.75) is 87.9 Å². The Morgan fingerprint density at radius 1 is 1.02 bits per heavy atom. The van der Waals surface area contributed by atoms with Crippen LogP contribution in [0.1, 0.15) is 79.6 Å². The number of methoxy groups -OCH3 is 1. The number of piperidine rings is 1. The summed E-state index contributed by atoms with van der Waals surface area (Å²) in [4.78, 5) is 31.7. The Hall–Kier alpha value is -3.68. The molecule has 1 aromatic carbocycles. The lowest BCUT2D eigenvalue weighted by atomic mass is 9.92. The molecule has 1 aliphatic heterocycles. The van der Waals surface area contributed by atoms with Gasteiger partial charge in [0.05, 0.1) is 37.9 Å². The minimum atomic E-state index is -5.76. The molecule has 0 radical (unpaired) electrons. The Balaban J connectivity index is 0.00000105. The summed E-state index contributed by atoms with van der Waals surface area (Å²) in [5.74, 6) is -5.44. The molecule has 4 fully saturated rings. The minimum absolute atomic E-state index is 0.0537. The number of carboxylic acids is 1. The number of amides is 1. The molecule has 3 aliphatic carbocycles. The molecule has 3 saturated carbocycles. The molecule has 6 rings (SSSR count). The second kappa shape index (κ2) is 14.8. The third-order valence-electron chi connectivity index (χ3n) is 9.28. The molecule has 48 heavy (non-hydrogen) atoms. The molecule has 264 valence electrons. The number of pyridine rings is 1. The van der Waals surface area contributed by atoms with Gasteiger partial charge in [0, 0.05) is 43.5 Å². The van der Waals surface area contributed by atoms with Crippen molar-refractivity contribution in [3.63, 3.8) is 0 Å². The normalized spacial score (nSPS) is 19.2. The van der Waals surface area contributed by atoms with Gasteiger partial charge in [-0.25, -0.2) is 4.98 Å². The third kappa shape index (κ3) is 9.48. The SMILES string of the molecule is COc1ccc(C(=O)N(CC(F)(F)C(F)(F)F)C2CC2)c(N2CCC(COc3cc(C(CC(=O)O)C4CC4)ccn3)CC2)c1.NC1CC1. The Labute approximate surface area is 276 Å². The number of nitrogens with zero attached hydrogens (tertiary/aromatic N) is 3. The van der Waals surface area contributed by atoms with Crippen molar-refractivity contribution in [3.8, 4) is 11.6 Å². The summed E-state index contributed by atoms with van der Waals surface area (Å²) in [5, 5.41) is 9.32. The molecule has 14 heteroatoms. The van der Waals surface area contributed by atoms with Crippen molar-refractivity contribution in [2.75, 3.05) is 38.3 Å². The molecule has 0 bridgehead atoms. The molecule has 3 N–H and O–H groups in total. The number of anilines is 1. The number of carbonyl (C=O) groups is 2. The lowest BCUT2D eigenvalue weighted by Gasteiger charge is -2.35. The minimum Gasteiger partial charge on any atom is -0.497 e. The van der Waals surface area contributed by atoms with Crippen molar-refractivity contribution >= 4 is 17.6 Å². The van der Waals surface area contributed by atoms with Crippen LogP contribution in [0, 0.1) is 11.8 Å². The van der Waals surface area contributed by atoms with Gasteiger partial charge in [-0.05, 0) is 92.9 Å². The lowest BCUT2D eigenvalue weighted by Crippen LogP contribution is -2.50. The van der Waals surface area contributed by atoms with Crippen molar-refractivity contribution in [1.29, 1.82) is 0 Å². The maximum absolute atomic E-state index is 14.0. The van der Waals surface area contributed by atoms with Crippen molar-refractivity contribution in [3.05, 3.63) is 47.7 Å². The summed E-state index contributed by atoms with van der Waals surface area (Å²) >= 11 is 0. The van der Waals surface area contributed by atoms with E-state index in [1.165, 1.54) is 32.1 Å². The van der Waals surface area contributed by atoms with E-state index >= 15 is 0 Å². The second-order valence-electron chi connectivity index (χ2n) is 13.3. The van der Waals surface area contributed by atoms with E-state index in [0.717, 1.165) is 18.4 Å². The number of aromatic nitrogens is 1. The van der Waals surface area contributed by atoms with Crippen molar-refractivity contribution < 1.29 is 46.1 Å². The van der Waals surface area contributed by atoms with Crippen molar-refractivity contribution in [1.82, 2.24) is 9.88 Å². The number of halogens is 5. The number of rotatable bonds is 13. The maximum Gasteiger partial charge on any atom is 0.455 e. The first-order valence-corrected chi connectivity index (χ1v) is 16.5. The van der Waals surface area contributed by atoms with E-state index in [1.807, 2.05) is 17.0 Å². The number of ether oxygens (including phenoxy) is 2. The van der Waals surface area contributed by atoms with Crippen LogP contribution in [-0.2, 0) is 4.79 Å². The summed E-state index contributed by atoms with van der Waals surface area (Å²) < 4.78 is 78.4. The number of aliphatic carboxylic acids is 1. The molecule has 4 aliphatic rings. The second-order valence-corrected chi connectivity index (χ2v) is 13.3. The van der Waals surface area contributed by atoms with Gasteiger partial charge >= 0.3 is 18.1 Å². The summed E-state index contributed by atoms with van der Waals surface area (Å²) in [6.07, 6.45) is 2.56. The van der Waals surface area contributed by atoms with Crippen LogP contribution < -0.4 is 20.1 Å². The molecule has 0 spiro atoms. The highest BCUT2D eigenvalue weighted by Gasteiger charge is 2.59. The fourth-order valence-electron chi connectivity index (χ4n) is 5.91. The first-order chi connectivity index (χ1) is 22.8. The molecule has 1 unspecified atom stereocenters. The van der Waals surface area contributed by atoms with E-state index in [1.54, 1.807) is 12.3 Å². The number of carbonyl (C=O) groups excluding carboxylic acids is 1. The van der Waals surface area contributed by atoms with Crippen LogP contribution >= 0.6 is 0 Å². The van der Waals surface area contributed by atoms with E-state index in [9.17, 15) is 36.6 Å². The predicted octanol–water partition coefficient (Wildman–Crippen LogP) is 6.26. The predicted molar refractivity (Wildman–Crippen MR) is 168 cm³/mol. The topological polar surface area (TPSA) is 118 Å². The fourth-order valence-corrected chi connectivity index (χ4v) is 5.91. The molecule has 2 aromatic rings. The summed E-state index contributed by atoms with van der Waals surface area (Å²) in [6.45, 7) is -0.347. The average molecular weight is 683 g/mol. The van der Waals surface area contributed by atoms with Crippen LogP contribution in [0.15, 0.2) is 36.5 Å². The smallest absolute Gasteiger partial charge is 0.455 e. The quantitative estimate of drug-likeness (QED) is 0.238. The van der Waals surface area contributed by atoms with Crippen LogP contribution in [0.5, 0.6) is 11.6 Å². The van der Waals surface area contributed by atoms with Gasteiger partial charge in [-0.15, -0.1) is 0 Å². The van der Waals surface area contributed by atoms with Gasteiger partial charge < -0.3 is 30.1 Å². The largest absolute Gasteiger partial charge is 0.497 e. The summed E-state index contributed by atoms with van der Waals surface area (Å²) in [7, 11) is 1.45. The highest BCUT2D eigenvalue weighted by Crippen LogP contribution is 2.45. The fraction of sp³-hybridized carbons (Fsp3) is 0.618. The van der Waals surface area contributed by atoms with Gasteiger partial charge in [0.15, 0.2) is 0 Å². The Morgan fingerprint density at radius 2 is 1.69 bits per heavy atom. The van der Waals surface area contributed by atoms with Gasteiger partial charge in [0.25, 0.3) is 5.91 Å². The number of nitrogens with two attached hydrogens (primary N) is 1. The van der Waals surface area contributed by atoms with Gasteiger partial charge in [-0.1, -0.05) is 0 Å². The van der Waals surface area contributed by atoms with E-state index in [2.05, 4.69) is 4.98 Å². The van der Waals surface area contributed by atoms with Crippen LogP contribution in [0.25, 0.3) is 0 Å². The van der Waals surface area contributed by atoms with Crippen LogP contribution in [0.3, 0.4) is 0 Å². The Kier molecular flexibility index (Phi) is 11.0. The standard InChI is InChI=1S/C31H36F5N3O5.C3H7N/c1-43-23-6-7-24(29(42)39(22-4-5-22)18-30(32,33)31(34,35)36)26(15-23)38-12-9-19(10-13-38)17-44-27-14-21(8-11-37-27)25(16-28(40)41)20-2-3-20;4-3-1-2-3/h6-8,11,14-15,19-20,22,25H,2-5,9-10,12-13,16-18H2,1H3,(H,40,41);3H,1-2,4H2. The molecular weight excluding hydrogens is 639 g/mol. The molecule has 1 amide bonds. The number of alkyl halides is 5. The summed E-state index contributed by atoms with van der Waals surface area (Å²) in [6, 6.07) is 8.09. The zero-order chi connectivity index (χ0) is 34.6. The molecule has 2 heterocycles. The van der Waals surface area contributed by atoms with E-state index < -0.39 is 36.6 Å². The maximum atomic E-state index is 14.0. The first kappa shape index (κ1) is 35.6. The number of benzene rings is 1. The Morgan fingerprint density at radius 3 is 2.23 bits per heavy atom. The average Bonchev–Trinajstić information content (AvgIpc) is 3.89. The highest BCUT2D eigenvalue weighted by atomic mass is 19.4. The van der Waals surface area contributed by atoms with E-state index in [4.69, 9.17) is 15.2 Å². The molecule has 1 aromatic heterocycles. The van der Waals surface area contributed by atoms with E-state index in [0.29, 0.717) is 79.6 Å². The van der Waals surface area contributed by atoms with Crippen LogP contribution in [0.4, 0.5) is 27.6 Å². The molecule has 1 atom stereocenters. The summed E-state index contributed by atoms with van der Waals surface area (Å²) in [5.41, 5.74) is 6.60. The number of hydrogen-bond donors (Lipinski definition) is 2. The monoisotopic (exact) mass is 682 g/mol. The zero-order valence-electron chi connectivity index (χ0n) is 26.9. The zero-order valence-corrected chi connectivity index (χ0v) is 26.9. The van der Waals surface area contributed by atoms with Crippen LogP contribution in [0.2, 0.25) is 0 Å². The van der Waals surface area contributed by atoms with Gasteiger partial charge in [0.1, 0.15) is 5.75 Å². The van der Waals surface area contributed by atoms with Gasteiger partial charge in [-0.3, -0.25) is 9.59 Å². The van der Waals surface area contributed by atoms with Gasteiger partial charge in [-0.2, -0.15) is 22.0 Å². The number of carboxylic acid groups (broad SMARTS) is 1. The molecular formula is C34H43F5N4O5. The number of hydrogen-bond acceptors (Lipinski definition) is 7. The first-order valence-electron chi connectivity index (χ1n) is 16.5. The van der Waals surface area contributed by atoms with Gasteiger partial charge in [0.2, 0.25) is 5.88 Å². The highest BCUT2D eigenvalue weighted by molar-refractivity contribution is 6.00. The van der Waals surface area contributed by atoms with E-state index in [-0.39, 0.29) is 23.8 Å². The van der Waals surface area contributed by atoms with Crippen LogP contribution in [-0.4, -0.2) is 84.4 Å². The molecule has 9 nitrogen and oxygen atoms in total. The van der Waals surface area contributed by atoms with Crippen molar-refractivity contribution in [2.24, 2.45) is 17.6 Å². The lowest BCUT2D eigenvalue weighted by molar-refractivity contribution is -0.284. The Bertz CT molecular complexity index is 1420. The third-order valence-corrected chi connectivity index (χ3v) is 9.28.